The molecular formula is C17H15ClO2. The molecule has 3 heteroatoms. The van der Waals surface area contributed by atoms with E-state index in [1.807, 2.05) is 49.4 Å². The summed E-state index contributed by atoms with van der Waals surface area (Å²) in [4.78, 5) is 0. The molecule has 1 N–H and O–H groups in total. The lowest BCUT2D eigenvalue weighted by atomic mass is 10.1. The number of aliphatic hydroxyl groups is 1. The van der Waals surface area contributed by atoms with E-state index in [0.717, 1.165) is 22.4 Å². The van der Waals surface area contributed by atoms with Gasteiger partial charge in [0.25, 0.3) is 0 Å². The summed E-state index contributed by atoms with van der Waals surface area (Å²) in [6.07, 6.45) is 0. The van der Waals surface area contributed by atoms with Crippen molar-refractivity contribution in [3.05, 3.63) is 64.2 Å². The largest absolute Gasteiger partial charge is 0.489 e. The molecule has 0 saturated heterocycles. The molecule has 0 unspecified atom stereocenters. The van der Waals surface area contributed by atoms with Gasteiger partial charge in [0.2, 0.25) is 0 Å². The molecule has 0 radical (unpaired) electrons. The molecule has 0 fully saturated rings. The van der Waals surface area contributed by atoms with Crippen molar-refractivity contribution in [1.82, 2.24) is 0 Å². The minimum Gasteiger partial charge on any atom is -0.489 e. The van der Waals surface area contributed by atoms with Gasteiger partial charge in [-0.3, -0.25) is 0 Å². The van der Waals surface area contributed by atoms with Gasteiger partial charge < -0.3 is 9.84 Å². The maximum atomic E-state index is 8.69. The summed E-state index contributed by atoms with van der Waals surface area (Å²) in [5.41, 5.74) is 2.93. The molecule has 0 aliphatic heterocycles. The molecule has 0 heterocycles. The Hall–Kier alpha value is -1.95. The molecule has 0 saturated carbocycles. The Balaban J connectivity index is 2.09. The first-order chi connectivity index (χ1) is 9.69. The van der Waals surface area contributed by atoms with E-state index < -0.39 is 0 Å². The van der Waals surface area contributed by atoms with Crippen molar-refractivity contribution < 1.29 is 9.84 Å². The average Bonchev–Trinajstić information content (AvgIpc) is 2.46. The SMILES string of the molecule is Cc1ccc(Cl)cc1OCc1cccc(C#CCO)c1. The van der Waals surface area contributed by atoms with Gasteiger partial charge in [0.15, 0.2) is 0 Å². The molecule has 2 aromatic carbocycles. The number of aryl methyl sites for hydroxylation is 1. The third-order valence-electron chi connectivity index (χ3n) is 2.78. The van der Waals surface area contributed by atoms with E-state index in [4.69, 9.17) is 21.4 Å². The van der Waals surface area contributed by atoms with E-state index in [-0.39, 0.29) is 6.61 Å². The van der Waals surface area contributed by atoms with Crippen LogP contribution >= 0.6 is 11.6 Å². The van der Waals surface area contributed by atoms with Crippen molar-refractivity contribution in [2.75, 3.05) is 6.61 Å². The van der Waals surface area contributed by atoms with Crippen LogP contribution in [0.2, 0.25) is 5.02 Å². The van der Waals surface area contributed by atoms with E-state index in [2.05, 4.69) is 11.8 Å². The number of rotatable bonds is 3. The zero-order chi connectivity index (χ0) is 14.4. The highest BCUT2D eigenvalue weighted by molar-refractivity contribution is 6.30. The Kier molecular flexibility index (Phi) is 5.06. The quantitative estimate of drug-likeness (QED) is 0.874. The summed E-state index contributed by atoms with van der Waals surface area (Å²) >= 11 is 5.96. The number of hydrogen-bond acceptors (Lipinski definition) is 2. The van der Waals surface area contributed by atoms with Gasteiger partial charge in [-0.25, -0.2) is 0 Å². The first-order valence-corrected chi connectivity index (χ1v) is 6.64. The van der Waals surface area contributed by atoms with Gasteiger partial charge in [-0.15, -0.1) is 0 Å². The zero-order valence-electron chi connectivity index (χ0n) is 11.2. The van der Waals surface area contributed by atoms with Crippen LogP contribution in [-0.4, -0.2) is 11.7 Å². The third-order valence-corrected chi connectivity index (χ3v) is 3.02. The lowest BCUT2D eigenvalue weighted by Crippen LogP contribution is -1.97. The lowest BCUT2D eigenvalue weighted by molar-refractivity contribution is 0.304. The molecule has 2 rings (SSSR count). The summed E-state index contributed by atoms with van der Waals surface area (Å²) < 4.78 is 5.78. The average molecular weight is 287 g/mol. The molecule has 2 aromatic rings. The molecule has 0 aromatic heterocycles. The monoisotopic (exact) mass is 286 g/mol. The highest BCUT2D eigenvalue weighted by Crippen LogP contribution is 2.23. The van der Waals surface area contributed by atoms with Gasteiger partial charge in [-0.2, -0.15) is 0 Å². The molecule has 2 nitrogen and oxygen atoms in total. The summed E-state index contributed by atoms with van der Waals surface area (Å²) in [5, 5.41) is 9.35. The highest BCUT2D eigenvalue weighted by Gasteiger charge is 2.02. The molecular weight excluding hydrogens is 272 g/mol. The van der Waals surface area contributed by atoms with Crippen molar-refractivity contribution in [3.8, 4) is 17.6 Å². The molecule has 0 bridgehead atoms. The van der Waals surface area contributed by atoms with Crippen LogP contribution in [0.1, 0.15) is 16.7 Å². The predicted octanol–water partition coefficient (Wildman–Crippen LogP) is 3.57. The first-order valence-electron chi connectivity index (χ1n) is 6.26. The summed E-state index contributed by atoms with van der Waals surface area (Å²) in [6, 6.07) is 13.3. The van der Waals surface area contributed by atoms with Gasteiger partial charge in [-0.1, -0.05) is 41.6 Å². The topological polar surface area (TPSA) is 29.5 Å². The van der Waals surface area contributed by atoms with Crippen molar-refractivity contribution in [3.63, 3.8) is 0 Å². The van der Waals surface area contributed by atoms with Crippen molar-refractivity contribution in [2.45, 2.75) is 13.5 Å². The highest BCUT2D eigenvalue weighted by atomic mass is 35.5. The normalized spacial score (nSPS) is 9.75. The molecule has 20 heavy (non-hydrogen) atoms. The van der Waals surface area contributed by atoms with Crippen molar-refractivity contribution >= 4 is 11.6 Å². The van der Waals surface area contributed by atoms with Crippen LogP contribution in [0.25, 0.3) is 0 Å². The van der Waals surface area contributed by atoms with E-state index >= 15 is 0 Å². The second kappa shape index (κ2) is 7.00. The fraction of sp³-hybridized carbons (Fsp3) is 0.176. The zero-order valence-corrected chi connectivity index (χ0v) is 11.9. The van der Waals surface area contributed by atoms with Gasteiger partial charge in [0.05, 0.1) is 0 Å². The van der Waals surface area contributed by atoms with E-state index in [1.165, 1.54) is 0 Å². The summed E-state index contributed by atoms with van der Waals surface area (Å²) in [5.74, 6) is 6.29. The Morgan fingerprint density at radius 1 is 1.20 bits per heavy atom. The molecule has 0 atom stereocenters. The van der Waals surface area contributed by atoms with Crippen molar-refractivity contribution in [2.24, 2.45) is 0 Å². The van der Waals surface area contributed by atoms with Crippen LogP contribution in [0, 0.1) is 18.8 Å². The van der Waals surface area contributed by atoms with Crippen molar-refractivity contribution in [1.29, 1.82) is 0 Å². The van der Waals surface area contributed by atoms with Gasteiger partial charge in [-0.05, 0) is 42.3 Å². The Labute approximate surface area is 124 Å². The molecule has 0 aliphatic rings. The number of aliphatic hydroxyl groups excluding tert-OH is 1. The van der Waals surface area contributed by atoms with Crippen LogP contribution in [0.3, 0.4) is 0 Å². The fourth-order valence-corrected chi connectivity index (χ4v) is 1.93. The van der Waals surface area contributed by atoms with Gasteiger partial charge >= 0.3 is 0 Å². The fourth-order valence-electron chi connectivity index (χ4n) is 1.77. The van der Waals surface area contributed by atoms with E-state index in [1.54, 1.807) is 0 Å². The third kappa shape index (κ3) is 4.03. The van der Waals surface area contributed by atoms with Gasteiger partial charge in [0, 0.05) is 10.6 Å². The Bertz CT molecular complexity index is 654. The van der Waals surface area contributed by atoms with Crippen LogP contribution in [0.4, 0.5) is 0 Å². The van der Waals surface area contributed by atoms with Gasteiger partial charge in [0.1, 0.15) is 19.0 Å². The smallest absolute Gasteiger partial charge is 0.124 e. The molecule has 0 spiro atoms. The Morgan fingerprint density at radius 3 is 2.85 bits per heavy atom. The second-order valence-corrected chi connectivity index (χ2v) is 4.80. The standard InChI is InChI=1S/C17H15ClO2/c1-13-7-8-16(18)11-17(13)20-12-15-5-2-4-14(10-15)6-3-9-19/h2,4-5,7-8,10-11,19H,9,12H2,1H3. The minimum absolute atomic E-state index is 0.136. The molecule has 0 aliphatic carbocycles. The van der Waals surface area contributed by atoms with Crippen LogP contribution < -0.4 is 4.74 Å². The number of benzene rings is 2. The number of halogens is 1. The summed E-state index contributed by atoms with van der Waals surface area (Å²) in [6.45, 7) is 2.30. The maximum absolute atomic E-state index is 8.69. The van der Waals surface area contributed by atoms with E-state index in [0.29, 0.717) is 11.6 Å². The van der Waals surface area contributed by atoms with Crippen LogP contribution in [-0.2, 0) is 6.61 Å². The first kappa shape index (κ1) is 14.5. The second-order valence-electron chi connectivity index (χ2n) is 4.36. The summed E-state index contributed by atoms with van der Waals surface area (Å²) in [7, 11) is 0. The Morgan fingerprint density at radius 2 is 2.05 bits per heavy atom. The molecule has 102 valence electrons. The number of hydrogen-bond donors (Lipinski definition) is 1. The van der Waals surface area contributed by atoms with E-state index in [9.17, 15) is 0 Å². The molecule has 0 amide bonds. The number of ether oxygens (including phenoxy) is 1. The van der Waals surface area contributed by atoms with Crippen LogP contribution in [0.5, 0.6) is 5.75 Å². The predicted molar refractivity (Wildman–Crippen MR) is 80.9 cm³/mol. The minimum atomic E-state index is -0.136. The maximum Gasteiger partial charge on any atom is 0.124 e. The van der Waals surface area contributed by atoms with Crippen LogP contribution in [0.15, 0.2) is 42.5 Å². The lowest BCUT2D eigenvalue weighted by Gasteiger charge is -2.09.